The second-order valence-corrected chi connectivity index (χ2v) is 5.39. The van der Waals surface area contributed by atoms with Crippen LogP contribution in [0.1, 0.15) is 11.1 Å². The van der Waals surface area contributed by atoms with Gasteiger partial charge in [0.05, 0.1) is 15.4 Å². The van der Waals surface area contributed by atoms with Crippen molar-refractivity contribution < 1.29 is 18.1 Å². The molecule has 0 fully saturated rings. The first-order valence-electron chi connectivity index (χ1n) is 5.88. The molecule has 0 aliphatic rings. The minimum absolute atomic E-state index is 0.183. The van der Waals surface area contributed by atoms with Gasteiger partial charge in [-0.2, -0.15) is 13.2 Å². The summed E-state index contributed by atoms with van der Waals surface area (Å²) in [5.41, 5.74) is -0.668. The van der Waals surface area contributed by atoms with Gasteiger partial charge in [-0.05, 0) is 30.7 Å². The Morgan fingerprint density at radius 3 is 2.33 bits per heavy atom. The summed E-state index contributed by atoms with van der Waals surface area (Å²) in [6, 6.07) is 9.75. The van der Waals surface area contributed by atoms with Gasteiger partial charge in [0.15, 0.2) is 0 Å². The number of halogens is 3. The molecule has 0 aliphatic heterocycles. The summed E-state index contributed by atoms with van der Waals surface area (Å²) in [5.74, 6) is 0. The monoisotopic (exact) mass is 313 g/mol. The maximum atomic E-state index is 12.6. The SMILES string of the molecule is Cc1ccccc1Sc1ccc(C(F)(F)F)cc1[N+](=O)[O-]. The van der Waals surface area contributed by atoms with Gasteiger partial charge in [-0.1, -0.05) is 30.0 Å². The zero-order valence-electron chi connectivity index (χ0n) is 10.8. The van der Waals surface area contributed by atoms with Crippen LogP contribution in [-0.4, -0.2) is 4.92 Å². The molecule has 0 radical (unpaired) electrons. The van der Waals surface area contributed by atoms with Crippen molar-refractivity contribution in [3.8, 4) is 0 Å². The van der Waals surface area contributed by atoms with E-state index in [1.54, 1.807) is 12.1 Å². The first-order chi connectivity index (χ1) is 9.79. The number of nitro benzene ring substituents is 1. The van der Waals surface area contributed by atoms with Crippen LogP contribution in [0, 0.1) is 17.0 Å². The number of hydrogen-bond donors (Lipinski definition) is 0. The molecule has 2 rings (SSSR count). The molecule has 0 saturated heterocycles. The maximum absolute atomic E-state index is 12.6. The summed E-state index contributed by atoms with van der Waals surface area (Å²) in [4.78, 5) is 11.2. The largest absolute Gasteiger partial charge is 0.416 e. The summed E-state index contributed by atoms with van der Waals surface area (Å²) >= 11 is 1.08. The quantitative estimate of drug-likeness (QED) is 0.586. The highest BCUT2D eigenvalue weighted by atomic mass is 32.2. The van der Waals surface area contributed by atoms with E-state index in [4.69, 9.17) is 0 Å². The molecule has 110 valence electrons. The van der Waals surface area contributed by atoms with Crippen molar-refractivity contribution >= 4 is 17.4 Å². The third kappa shape index (κ3) is 3.55. The van der Waals surface area contributed by atoms with Crippen LogP contribution in [0.15, 0.2) is 52.3 Å². The first-order valence-corrected chi connectivity index (χ1v) is 6.70. The molecule has 2 aromatic carbocycles. The smallest absolute Gasteiger partial charge is 0.258 e. The molecule has 21 heavy (non-hydrogen) atoms. The van der Waals surface area contributed by atoms with Crippen LogP contribution in [0.2, 0.25) is 0 Å². The predicted octanol–water partition coefficient (Wildman–Crippen LogP) is 5.07. The molecule has 0 spiro atoms. The van der Waals surface area contributed by atoms with Crippen LogP contribution in [0.4, 0.5) is 18.9 Å². The number of rotatable bonds is 3. The zero-order chi connectivity index (χ0) is 15.6. The minimum atomic E-state index is -4.60. The highest BCUT2D eigenvalue weighted by Gasteiger charge is 2.33. The normalized spacial score (nSPS) is 11.4. The molecule has 0 bridgehead atoms. The Morgan fingerprint density at radius 1 is 1.10 bits per heavy atom. The van der Waals surface area contributed by atoms with Crippen LogP contribution in [0.25, 0.3) is 0 Å². The summed E-state index contributed by atoms with van der Waals surface area (Å²) in [6.07, 6.45) is -4.60. The van der Waals surface area contributed by atoms with Gasteiger partial charge in [-0.25, -0.2) is 0 Å². The first kappa shape index (κ1) is 15.4. The van der Waals surface area contributed by atoms with Crippen LogP contribution in [0.3, 0.4) is 0 Å². The Balaban J connectivity index is 2.45. The van der Waals surface area contributed by atoms with Crippen LogP contribution in [-0.2, 0) is 6.18 Å². The second-order valence-electron chi connectivity index (χ2n) is 4.30. The van der Waals surface area contributed by atoms with E-state index in [1.807, 2.05) is 19.1 Å². The number of benzene rings is 2. The number of nitro groups is 1. The second kappa shape index (κ2) is 5.77. The third-order valence-electron chi connectivity index (χ3n) is 2.80. The van der Waals surface area contributed by atoms with Gasteiger partial charge in [0, 0.05) is 11.0 Å². The van der Waals surface area contributed by atoms with E-state index in [9.17, 15) is 23.3 Å². The van der Waals surface area contributed by atoms with Gasteiger partial charge in [0.25, 0.3) is 5.69 Å². The van der Waals surface area contributed by atoms with Crippen LogP contribution in [0.5, 0.6) is 0 Å². The lowest BCUT2D eigenvalue weighted by Crippen LogP contribution is -2.05. The molecular weight excluding hydrogens is 303 g/mol. The molecule has 0 N–H and O–H groups in total. The Morgan fingerprint density at radius 2 is 1.76 bits per heavy atom. The van der Waals surface area contributed by atoms with Gasteiger partial charge in [-0.15, -0.1) is 0 Å². The Labute approximate surface area is 122 Å². The molecule has 3 nitrogen and oxygen atoms in total. The Bertz CT molecular complexity index is 686. The van der Waals surface area contributed by atoms with Crippen molar-refractivity contribution in [1.82, 2.24) is 0 Å². The van der Waals surface area contributed by atoms with Gasteiger partial charge < -0.3 is 0 Å². The fourth-order valence-electron chi connectivity index (χ4n) is 1.71. The molecule has 2 aromatic rings. The third-order valence-corrected chi connectivity index (χ3v) is 4.04. The van der Waals surface area contributed by atoms with E-state index in [1.165, 1.54) is 0 Å². The summed E-state index contributed by atoms with van der Waals surface area (Å²) in [7, 11) is 0. The minimum Gasteiger partial charge on any atom is -0.258 e. The highest BCUT2D eigenvalue weighted by molar-refractivity contribution is 7.99. The zero-order valence-corrected chi connectivity index (χ0v) is 11.7. The topological polar surface area (TPSA) is 43.1 Å². The van der Waals surface area contributed by atoms with E-state index in [-0.39, 0.29) is 4.90 Å². The van der Waals surface area contributed by atoms with Crippen molar-refractivity contribution in [1.29, 1.82) is 0 Å². The maximum Gasteiger partial charge on any atom is 0.416 e. The fraction of sp³-hybridized carbons (Fsp3) is 0.143. The molecule has 0 aromatic heterocycles. The average Bonchev–Trinajstić information content (AvgIpc) is 2.40. The number of hydrogen-bond acceptors (Lipinski definition) is 3. The summed E-state index contributed by atoms with van der Waals surface area (Å²) < 4.78 is 37.9. The lowest BCUT2D eigenvalue weighted by molar-refractivity contribution is -0.388. The lowest BCUT2D eigenvalue weighted by Gasteiger charge is -2.09. The van der Waals surface area contributed by atoms with Crippen LogP contribution >= 0.6 is 11.8 Å². The summed E-state index contributed by atoms with van der Waals surface area (Å²) in [6.45, 7) is 1.83. The van der Waals surface area contributed by atoms with Gasteiger partial charge in [0.2, 0.25) is 0 Å². The number of nitrogens with zero attached hydrogens (tertiary/aromatic N) is 1. The van der Waals surface area contributed by atoms with E-state index in [0.717, 1.165) is 34.4 Å². The van der Waals surface area contributed by atoms with Crippen molar-refractivity contribution in [3.05, 3.63) is 63.7 Å². The molecular formula is C14H10F3NO2S. The van der Waals surface area contributed by atoms with E-state index in [0.29, 0.717) is 6.07 Å². The van der Waals surface area contributed by atoms with Crippen molar-refractivity contribution in [2.75, 3.05) is 0 Å². The Kier molecular flexibility index (Phi) is 4.22. The van der Waals surface area contributed by atoms with Gasteiger partial charge in [0.1, 0.15) is 0 Å². The van der Waals surface area contributed by atoms with Gasteiger partial charge >= 0.3 is 6.18 Å². The molecule has 0 aliphatic carbocycles. The standard InChI is InChI=1S/C14H10F3NO2S/c1-9-4-2-3-5-12(9)21-13-7-6-10(14(15,16)17)8-11(13)18(19)20/h2-8H,1H3. The molecule has 0 atom stereocenters. The van der Waals surface area contributed by atoms with Crippen molar-refractivity contribution in [3.63, 3.8) is 0 Å². The Hall–Kier alpha value is -2.02. The molecule has 7 heteroatoms. The van der Waals surface area contributed by atoms with Gasteiger partial charge in [-0.3, -0.25) is 10.1 Å². The predicted molar refractivity (Wildman–Crippen MR) is 73.4 cm³/mol. The fourth-order valence-corrected chi connectivity index (χ4v) is 2.70. The van der Waals surface area contributed by atoms with Crippen molar-refractivity contribution in [2.45, 2.75) is 22.9 Å². The molecule has 0 unspecified atom stereocenters. The van der Waals surface area contributed by atoms with Crippen LogP contribution < -0.4 is 0 Å². The van der Waals surface area contributed by atoms with E-state index < -0.39 is 22.4 Å². The number of alkyl halides is 3. The summed E-state index contributed by atoms with van der Waals surface area (Å²) in [5, 5.41) is 11.0. The van der Waals surface area contributed by atoms with E-state index >= 15 is 0 Å². The molecule has 0 heterocycles. The lowest BCUT2D eigenvalue weighted by atomic mass is 10.2. The van der Waals surface area contributed by atoms with E-state index in [2.05, 4.69) is 0 Å². The average molecular weight is 313 g/mol. The van der Waals surface area contributed by atoms with Crippen molar-refractivity contribution in [2.24, 2.45) is 0 Å². The molecule has 0 saturated carbocycles. The highest BCUT2D eigenvalue weighted by Crippen LogP contribution is 2.39. The number of aryl methyl sites for hydroxylation is 1. The molecule has 0 amide bonds.